The van der Waals surface area contributed by atoms with Gasteiger partial charge in [-0.2, -0.15) is 0 Å². The molecule has 0 aliphatic carbocycles. The number of nitrogens with one attached hydrogen (secondary N) is 1. The number of hydrogen-bond acceptors (Lipinski definition) is 3. The smallest absolute Gasteiger partial charge is 0.238 e. The lowest BCUT2D eigenvalue weighted by atomic mass is 10.0. The van der Waals surface area contributed by atoms with Crippen molar-refractivity contribution >= 4 is 22.6 Å². The number of amides is 1. The van der Waals surface area contributed by atoms with Crippen LogP contribution in [0, 0.1) is 6.92 Å². The number of carbonyl (C=O) groups excluding carboxylic acids is 2. The number of ketones is 1. The number of para-hydroxylation sites is 1. The molecule has 1 amide bonds. The minimum Gasteiger partial charge on any atom is -0.368 e. The standard InChI is InChI=1S/C18H17N3O2/c1-12-14-9-5-6-10-15(14)21(20-11-16(19)22)17(12)18(23)13-7-3-2-4-8-13/h2-10,20H,11H2,1H3,(H2,19,22). The van der Waals surface area contributed by atoms with Crippen LogP contribution in [-0.2, 0) is 4.79 Å². The Balaban J connectivity index is 2.18. The van der Waals surface area contributed by atoms with Gasteiger partial charge in [-0.1, -0.05) is 48.5 Å². The molecule has 0 saturated carbocycles. The monoisotopic (exact) mass is 307 g/mol. The fourth-order valence-corrected chi connectivity index (χ4v) is 2.72. The maximum absolute atomic E-state index is 12.9. The van der Waals surface area contributed by atoms with Crippen molar-refractivity contribution in [3.05, 3.63) is 71.4 Å². The molecule has 3 N–H and O–H groups in total. The second-order valence-corrected chi connectivity index (χ2v) is 5.32. The van der Waals surface area contributed by atoms with Gasteiger partial charge in [0.15, 0.2) is 0 Å². The Morgan fingerprint density at radius 3 is 2.39 bits per heavy atom. The summed E-state index contributed by atoms with van der Waals surface area (Å²) in [4.78, 5) is 24.1. The van der Waals surface area contributed by atoms with E-state index >= 15 is 0 Å². The van der Waals surface area contributed by atoms with Crippen molar-refractivity contribution in [2.45, 2.75) is 6.92 Å². The molecular formula is C18H17N3O2. The fourth-order valence-electron chi connectivity index (χ4n) is 2.72. The van der Waals surface area contributed by atoms with E-state index in [2.05, 4.69) is 5.43 Å². The first-order valence-electron chi connectivity index (χ1n) is 7.31. The Morgan fingerprint density at radius 2 is 1.70 bits per heavy atom. The van der Waals surface area contributed by atoms with Crippen LogP contribution in [0.15, 0.2) is 54.6 Å². The van der Waals surface area contributed by atoms with E-state index in [4.69, 9.17) is 5.73 Å². The number of carbonyl (C=O) groups is 2. The van der Waals surface area contributed by atoms with Gasteiger partial charge in [0, 0.05) is 10.9 Å². The number of hydrogen-bond donors (Lipinski definition) is 2. The molecular weight excluding hydrogens is 290 g/mol. The molecule has 0 unspecified atom stereocenters. The first-order chi connectivity index (χ1) is 11.1. The summed E-state index contributed by atoms with van der Waals surface area (Å²) in [6.07, 6.45) is 0. The van der Waals surface area contributed by atoms with Crippen molar-refractivity contribution in [1.82, 2.24) is 4.68 Å². The van der Waals surface area contributed by atoms with Crippen molar-refractivity contribution in [3.8, 4) is 0 Å². The Hall–Kier alpha value is -3.08. The normalized spacial score (nSPS) is 10.7. The highest BCUT2D eigenvalue weighted by molar-refractivity contribution is 6.12. The molecule has 0 saturated heterocycles. The van der Waals surface area contributed by atoms with Gasteiger partial charge < -0.3 is 11.2 Å². The van der Waals surface area contributed by atoms with Gasteiger partial charge in [0.2, 0.25) is 11.7 Å². The van der Waals surface area contributed by atoms with Gasteiger partial charge in [0.25, 0.3) is 0 Å². The van der Waals surface area contributed by atoms with Crippen LogP contribution in [0.2, 0.25) is 0 Å². The summed E-state index contributed by atoms with van der Waals surface area (Å²) in [6.45, 7) is 1.86. The third kappa shape index (κ3) is 2.68. The van der Waals surface area contributed by atoms with Crippen LogP contribution in [0.1, 0.15) is 21.6 Å². The predicted octanol–water partition coefficient (Wildman–Crippen LogP) is 2.21. The summed E-state index contributed by atoms with van der Waals surface area (Å²) in [5.74, 6) is -0.588. The average Bonchev–Trinajstić information content (AvgIpc) is 2.86. The van der Waals surface area contributed by atoms with Crippen LogP contribution in [0.4, 0.5) is 0 Å². The molecule has 3 aromatic rings. The quantitative estimate of drug-likeness (QED) is 0.709. The molecule has 0 bridgehead atoms. The lowest BCUT2D eigenvalue weighted by Gasteiger charge is -2.12. The minimum absolute atomic E-state index is 0.0484. The van der Waals surface area contributed by atoms with Crippen LogP contribution >= 0.6 is 0 Å². The molecule has 116 valence electrons. The summed E-state index contributed by atoms with van der Waals surface area (Å²) < 4.78 is 1.66. The van der Waals surface area contributed by atoms with Crippen molar-refractivity contribution in [2.75, 3.05) is 12.0 Å². The molecule has 0 spiro atoms. The van der Waals surface area contributed by atoms with Crippen LogP contribution in [0.3, 0.4) is 0 Å². The summed E-state index contributed by atoms with van der Waals surface area (Å²) in [5, 5.41) is 0.962. The number of nitrogens with two attached hydrogens (primary N) is 1. The van der Waals surface area contributed by atoms with Crippen LogP contribution < -0.4 is 11.2 Å². The third-order valence-corrected chi connectivity index (χ3v) is 3.79. The average molecular weight is 307 g/mol. The lowest BCUT2D eigenvalue weighted by molar-refractivity contribution is -0.116. The highest BCUT2D eigenvalue weighted by atomic mass is 16.1. The highest BCUT2D eigenvalue weighted by Crippen LogP contribution is 2.26. The van der Waals surface area contributed by atoms with Gasteiger partial charge in [-0.3, -0.25) is 14.3 Å². The second kappa shape index (κ2) is 5.96. The summed E-state index contributed by atoms with van der Waals surface area (Å²) in [5.41, 5.74) is 11.0. The molecule has 2 aromatic carbocycles. The summed E-state index contributed by atoms with van der Waals surface area (Å²) in [7, 11) is 0. The topological polar surface area (TPSA) is 77.1 Å². The molecule has 0 atom stereocenters. The van der Waals surface area contributed by atoms with E-state index in [0.29, 0.717) is 11.3 Å². The molecule has 0 radical (unpaired) electrons. The molecule has 0 fully saturated rings. The maximum Gasteiger partial charge on any atom is 0.238 e. The van der Waals surface area contributed by atoms with Crippen LogP contribution in [0.25, 0.3) is 10.9 Å². The number of fused-ring (bicyclic) bond motifs is 1. The molecule has 3 rings (SSSR count). The molecule has 5 heteroatoms. The molecule has 0 aliphatic rings. The van der Waals surface area contributed by atoms with Gasteiger partial charge >= 0.3 is 0 Å². The fraction of sp³-hybridized carbons (Fsp3) is 0.111. The van der Waals surface area contributed by atoms with Crippen molar-refractivity contribution in [1.29, 1.82) is 0 Å². The lowest BCUT2D eigenvalue weighted by Crippen LogP contribution is -2.29. The number of benzene rings is 2. The number of primary amides is 1. The molecule has 5 nitrogen and oxygen atoms in total. The Kier molecular flexibility index (Phi) is 3.85. The molecule has 1 heterocycles. The van der Waals surface area contributed by atoms with Gasteiger partial charge in [-0.05, 0) is 18.6 Å². The Bertz CT molecular complexity index is 882. The second-order valence-electron chi connectivity index (χ2n) is 5.32. The SMILES string of the molecule is Cc1c(C(=O)c2ccccc2)n(NCC(N)=O)c2ccccc12. The zero-order valence-corrected chi connectivity index (χ0v) is 12.7. The van der Waals surface area contributed by atoms with Crippen molar-refractivity contribution in [2.24, 2.45) is 5.73 Å². The molecule has 1 aromatic heterocycles. The molecule has 0 aliphatic heterocycles. The van der Waals surface area contributed by atoms with E-state index in [0.717, 1.165) is 16.5 Å². The van der Waals surface area contributed by atoms with Gasteiger partial charge in [0.05, 0.1) is 5.52 Å². The van der Waals surface area contributed by atoms with E-state index < -0.39 is 5.91 Å². The summed E-state index contributed by atoms with van der Waals surface area (Å²) in [6, 6.07) is 16.7. The number of rotatable bonds is 5. The first kappa shape index (κ1) is 14.8. The van der Waals surface area contributed by atoms with E-state index in [9.17, 15) is 9.59 Å². The van der Waals surface area contributed by atoms with Crippen LogP contribution in [-0.4, -0.2) is 22.9 Å². The molecule has 23 heavy (non-hydrogen) atoms. The van der Waals surface area contributed by atoms with Crippen molar-refractivity contribution < 1.29 is 9.59 Å². The van der Waals surface area contributed by atoms with Gasteiger partial charge in [-0.25, -0.2) is 0 Å². The number of aryl methyl sites for hydroxylation is 1. The third-order valence-electron chi connectivity index (χ3n) is 3.79. The highest BCUT2D eigenvalue weighted by Gasteiger charge is 2.21. The number of aromatic nitrogens is 1. The van der Waals surface area contributed by atoms with E-state index in [1.54, 1.807) is 16.8 Å². The Labute approximate surface area is 133 Å². The van der Waals surface area contributed by atoms with Crippen molar-refractivity contribution in [3.63, 3.8) is 0 Å². The maximum atomic E-state index is 12.9. The van der Waals surface area contributed by atoms with Gasteiger partial charge in [0.1, 0.15) is 12.2 Å². The van der Waals surface area contributed by atoms with Crippen LogP contribution in [0.5, 0.6) is 0 Å². The summed E-state index contributed by atoms with van der Waals surface area (Å²) >= 11 is 0. The number of nitrogens with zero attached hydrogens (tertiary/aromatic N) is 1. The van der Waals surface area contributed by atoms with Gasteiger partial charge in [-0.15, -0.1) is 0 Å². The van der Waals surface area contributed by atoms with E-state index in [-0.39, 0.29) is 12.3 Å². The minimum atomic E-state index is -0.487. The largest absolute Gasteiger partial charge is 0.368 e. The van der Waals surface area contributed by atoms with E-state index in [1.807, 2.05) is 49.4 Å². The predicted molar refractivity (Wildman–Crippen MR) is 90.0 cm³/mol. The van der Waals surface area contributed by atoms with E-state index in [1.165, 1.54) is 0 Å². The zero-order valence-electron chi connectivity index (χ0n) is 12.7. The zero-order chi connectivity index (χ0) is 16.4. The Morgan fingerprint density at radius 1 is 1.04 bits per heavy atom. The first-order valence-corrected chi connectivity index (χ1v) is 7.31.